The van der Waals surface area contributed by atoms with E-state index in [-0.39, 0.29) is 0 Å². The number of hydrogen-bond donors (Lipinski definition) is 2. The molecule has 0 bridgehead atoms. The maximum Gasteiger partial charge on any atom is 0.345 e. The Bertz CT molecular complexity index is 287. The summed E-state index contributed by atoms with van der Waals surface area (Å²) in [5, 5.41) is 12.4. The maximum absolute atomic E-state index is 11.3. The monoisotopic (exact) mass is 194 g/mol. The van der Waals surface area contributed by atoms with Gasteiger partial charge in [-0.15, -0.1) is 0 Å². The Morgan fingerprint density at radius 2 is 2.07 bits per heavy atom. The van der Waals surface area contributed by atoms with Gasteiger partial charge >= 0.3 is 6.03 Å². The number of benzene rings is 1. The fourth-order valence-corrected chi connectivity index (χ4v) is 1.02. The molecular formula is C10H14N2O2. The van der Waals surface area contributed by atoms with E-state index in [0.29, 0.717) is 17.3 Å². The van der Waals surface area contributed by atoms with Crippen molar-refractivity contribution in [1.82, 2.24) is 5.06 Å². The van der Waals surface area contributed by atoms with Gasteiger partial charge in [0.2, 0.25) is 0 Å². The summed E-state index contributed by atoms with van der Waals surface area (Å²) < 4.78 is 0. The number of amides is 2. The number of rotatable bonds is 3. The number of para-hydroxylation sites is 1. The first-order chi connectivity index (χ1) is 6.74. The molecule has 0 fully saturated rings. The molecule has 1 aromatic carbocycles. The summed E-state index contributed by atoms with van der Waals surface area (Å²) in [5.41, 5.74) is 0.674. The minimum atomic E-state index is -0.502. The molecule has 0 heterocycles. The molecule has 4 nitrogen and oxygen atoms in total. The Kier molecular flexibility index (Phi) is 3.94. The molecule has 0 unspecified atom stereocenters. The number of hydrogen-bond acceptors (Lipinski definition) is 2. The van der Waals surface area contributed by atoms with Crippen molar-refractivity contribution in [1.29, 1.82) is 0 Å². The van der Waals surface area contributed by atoms with E-state index in [9.17, 15) is 10.0 Å². The van der Waals surface area contributed by atoms with Gasteiger partial charge in [0.05, 0.1) is 0 Å². The van der Waals surface area contributed by atoms with Crippen LogP contribution in [0.3, 0.4) is 0 Å². The lowest BCUT2D eigenvalue weighted by Crippen LogP contribution is -2.32. The van der Waals surface area contributed by atoms with Crippen LogP contribution in [0.5, 0.6) is 0 Å². The van der Waals surface area contributed by atoms with Crippen LogP contribution in [-0.2, 0) is 0 Å². The third-order valence-electron chi connectivity index (χ3n) is 1.69. The van der Waals surface area contributed by atoms with Gasteiger partial charge in [0.25, 0.3) is 0 Å². The lowest BCUT2D eigenvalue weighted by Gasteiger charge is -2.14. The summed E-state index contributed by atoms with van der Waals surface area (Å²) >= 11 is 0. The zero-order chi connectivity index (χ0) is 10.4. The van der Waals surface area contributed by atoms with Gasteiger partial charge in [0.15, 0.2) is 0 Å². The van der Waals surface area contributed by atoms with Crippen LogP contribution < -0.4 is 5.32 Å². The molecule has 0 saturated heterocycles. The van der Waals surface area contributed by atoms with Crippen LogP contribution in [0.4, 0.5) is 10.5 Å². The van der Waals surface area contributed by atoms with E-state index in [4.69, 9.17) is 0 Å². The van der Waals surface area contributed by atoms with Crippen LogP contribution in [0.25, 0.3) is 0 Å². The number of nitrogens with one attached hydrogen (secondary N) is 1. The van der Waals surface area contributed by atoms with Crippen molar-refractivity contribution in [2.24, 2.45) is 0 Å². The first kappa shape index (κ1) is 10.5. The number of hydroxylamine groups is 2. The summed E-state index contributed by atoms with van der Waals surface area (Å²) in [4.78, 5) is 11.3. The second-order valence-electron chi connectivity index (χ2n) is 2.92. The number of anilines is 1. The summed E-state index contributed by atoms with van der Waals surface area (Å²) in [5.74, 6) is 0. The predicted molar refractivity (Wildman–Crippen MR) is 54.2 cm³/mol. The molecule has 76 valence electrons. The molecule has 0 spiro atoms. The van der Waals surface area contributed by atoms with E-state index in [1.54, 1.807) is 12.1 Å². The number of nitrogens with zero attached hydrogens (tertiary/aromatic N) is 1. The van der Waals surface area contributed by atoms with Crippen LogP contribution in [-0.4, -0.2) is 22.8 Å². The standard InChI is InChI=1S/C10H14N2O2/c1-2-8-12(14)10(13)11-9-6-4-3-5-7-9/h3-7,14H,2,8H2,1H3,(H,11,13). The largest absolute Gasteiger partial charge is 0.345 e. The Hall–Kier alpha value is -1.55. The van der Waals surface area contributed by atoms with Crippen molar-refractivity contribution in [2.45, 2.75) is 13.3 Å². The topological polar surface area (TPSA) is 52.6 Å². The zero-order valence-electron chi connectivity index (χ0n) is 8.10. The highest BCUT2D eigenvalue weighted by Gasteiger charge is 2.08. The van der Waals surface area contributed by atoms with Crippen molar-refractivity contribution >= 4 is 11.7 Å². The molecule has 1 aromatic rings. The van der Waals surface area contributed by atoms with Crippen molar-refractivity contribution in [3.63, 3.8) is 0 Å². The molecular weight excluding hydrogens is 180 g/mol. The van der Waals surface area contributed by atoms with Crippen LogP contribution in [0.15, 0.2) is 30.3 Å². The van der Waals surface area contributed by atoms with Gasteiger partial charge in [-0.05, 0) is 18.6 Å². The highest BCUT2D eigenvalue weighted by atomic mass is 16.5. The van der Waals surface area contributed by atoms with E-state index in [1.807, 2.05) is 25.1 Å². The van der Waals surface area contributed by atoms with E-state index < -0.39 is 6.03 Å². The molecule has 2 amide bonds. The molecule has 4 heteroatoms. The quantitative estimate of drug-likeness (QED) is 0.573. The molecule has 0 aliphatic heterocycles. The SMILES string of the molecule is CCCN(O)C(=O)Nc1ccccc1. The Morgan fingerprint density at radius 3 is 2.64 bits per heavy atom. The first-order valence-corrected chi connectivity index (χ1v) is 4.56. The highest BCUT2D eigenvalue weighted by molar-refractivity contribution is 5.88. The molecule has 0 aliphatic rings. The first-order valence-electron chi connectivity index (χ1n) is 4.56. The number of urea groups is 1. The summed E-state index contributed by atoms with van der Waals surface area (Å²) in [6, 6.07) is 8.51. The van der Waals surface area contributed by atoms with Gasteiger partial charge in [-0.1, -0.05) is 25.1 Å². The molecule has 0 radical (unpaired) electrons. The Morgan fingerprint density at radius 1 is 1.43 bits per heavy atom. The van der Waals surface area contributed by atoms with Gasteiger partial charge < -0.3 is 5.32 Å². The van der Waals surface area contributed by atoms with Crippen LogP contribution in [0, 0.1) is 0 Å². The van der Waals surface area contributed by atoms with Crippen LogP contribution >= 0.6 is 0 Å². The molecule has 0 atom stereocenters. The smallest absolute Gasteiger partial charge is 0.306 e. The molecule has 0 aliphatic carbocycles. The van der Waals surface area contributed by atoms with Gasteiger partial charge in [-0.25, -0.2) is 9.86 Å². The molecule has 0 aromatic heterocycles. The normalized spacial score (nSPS) is 9.57. The van der Waals surface area contributed by atoms with Gasteiger partial charge in [0.1, 0.15) is 0 Å². The lowest BCUT2D eigenvalue weighted by atomic mass is 10.3. The Balaban J connectivity index is 2.49. The Labute approximate surface area is 83.1 Å². The molecule has 2 N–H and O–H groups in total. The fourth-order valence-electron chi connectivity index (χ4n) is 1.02. The fraction of sp³-hybridized carbons (Fsp3) is 0.300. The average molecular weight is 194 g/mol. The second-order valence-corrected chi connectivity index (χ2v) is 2.92. The van der Waals surface area contributed by atoms with Crippen molar-refractivity contribution in [2.75, 3.05) is 11.9 Å². The number of carbonyl (C=O) groups is 1. The van der Waals surface area contributed by atoms with Gasteiger partial charge in [-0.2, -0.15) is 0 Å². The van der Waals surface area contributed by atoms with Gasteiger partial charge in [-0.3, -0.25) is 5.21 Å². The zero-order valence-corrected chi connectivity index (χ0v) is 8.10. The third-order valence-corrected chi connectivity index (χ3v) is 1.69. The van der Waals surface area contributed by atoms with E-state index in [2.05, 4.69) is 5.32 Å². The van der Waals surface area contributed by atoms with E-state index >= 15 is 0 Å². The summed E-state index contributed by atoms with van der Waals surface area (Å²) in [7, 11) is 0. The van der Waals surface area contributed by atoms with E-state index in [0.717, 1.165) is 6.42 Å². The van der Waals surface area contributed by atoms with Crippen LogP contribution in [0.1, 0.15) is 13.3 Å². The minimum Gasteiger partial charge on any atom is -0.306 e. The van der Waals surface area contributed by atoms with Crippen molar-refractivity contribution < 1.29 is 10.0 Å². The minimum absolute atomic E-state index is 0.332. The summed E-state index contributed by atoms with van der Waals surface area (Å²) in [6.45, 7) is 2.22. The average Bonchev–Trinajstić information content (AvgIpc) is 2.19. The molecule has 0 saturated carbocycles. The molecule has 1 rings (SSSR count). The second kappa shape index (κ2) is 5.24. The number of carbonyl (C=O) groups excluding carboxylic acids is 1. The van der Waals surface area contributed by atoms with Gasteiger partial charge in [0, 0.05) is 12.2 Å². The lowest BCUT2D eigenvalue weighted by molar-refractivity contribution is -0.0368. The van der Waals surface area contributed by atoms with E-state index in [1.165, 1.54) is 0 Å². The third kappa shape index (κ3) is 3.06. The predicted octanol–water partition coefficient (Wildman–Crippen LogP) is 2.32. The molecule has 14 heavy (non-hydrogen) atoms. The van der Waals surface area contributed by atoms with Crippen molar-refractivity contribution in [3.8, 4) is 0 Å². The highest BCUT2D eigenvalue weighted by Crippen LogP contribution is 2.05. The van der Waals surface area contributed by atoms with Crippen molar-refractivity contribution in [3.05, 3.63) is 30.3 Å². The van der Waals surface area contributed by atoms with Crippen LogP contribution in [0.2, 0.25) is 0 Å². The maximum atomic E-state index is 11.3. The summed E-state index contributed by atoms with van der Waals surface area (Å²) in [6.07, 6.45) is 0.721.